The SMILES string of the molecule is FC(F)(F)C1=CC(C(F)(F)F)C(C(F)(F)F)=C1C(F)(F)F. The zero-order valence-electron chi connectivity index (χ0n) is 9.19. The average molecular weight is 338 g/mol. The first-order chi connectivity index (χ1) is 8.97. The van der Waals surface area contributed by atoms with Gasteiger partial charge in [0.15, 0.2) is 0 Å². The monoisotopic (exact) mass is 338 g/mol. The van der Waals surface area contributed by atoms with E-state index in [-0.39, 0.29) is 0 Å². The third-order valence-electron chi connectivity index (χ3n) is 2.43. The van der Waals surface area contributed by atoms with Gasteiger partial charge in [0.25, 0.3) is 0 Å². The van der Waals surface area contributed by atoms with Crippen LogP contribution in [0, 0.1) is 5.92 Å². The van der Waals surface area contributed by atoms with Crippen molar-refractivity contribution in [3.05, 3.63) is 22.8 Å². The van der Waals surface area contributed by atoms with Crippen LogP contribution in [0.15, 0.2) is 22.8 Å². The molecular weight excluding hydrogens is 336 g/mol. The van der Waals surface area contributed by atoms with Crippen molar-refractivity contribution in [3.63, 3.8) is 0 Å². The molecule has 0 spiro atoms. The van der Waals surface area contributed by atoms with Gasteiger partial charge in [-0.25, -0.2) is 0 Å². The predicted octanol–water partition coefficient (Wildman–Crippen LogP) is 5.09. The highest BCUT2D eigenvalue weighted by atomic mass is 19.4. The summed E-state index contributed by atoms with van der Waals surface area (Å²) in [6.07, 6.45) is -25.5. The highest BCUT2D eigenvalue weighted by molar-refractivity contribution is 5.52. The largest absolute Gasteiger partial charge is 0.417 e. The minimum atomic E-state index is -6.24. The predicted molar refractivity (Wildman–Crippen MR) is 42.8 cm³/mol. The maximum atomic E-state index is 12.4. The second-order valence-electron chi connectivity index (χ2n) is 3.88. The average Bonchev–Trinajstić information content (AvgIpc) is 2.52. The van der Waals surface area contributed by atoms with Crippen LogP contribution in [0.1, 0.15) is 0 Å². The first-order valence-electron chi connectivity index (χ1n) is 4.72. The molecule has 0 aromatic rings. The van der Waals surface area contributed by atoms with Gasteiger partial charge < -0.3 is 0 Å². The summed E-state index contributed by atoms with van der Waals surface area (Å²) < 4.78 is 149. The van der Waals surface area contributed by atoms with Crippen LogP contribution in [0.3, 0.4) is 0 Å². The lowest BCUT2D eigenvalue weighted by molar-refractivity contribution is -0.176. The third kappa shape index (κ3) is 3.46. The Morgan fingerprint density at radius 2 is 1.05 bits per heavy atom. The van der Waals surface area contributed by atoms with Gasteiger partial charge in [-0.1, -0.05) is 6.08 Å². The van der Waals surface area contributed by atoms with Crippen molar-refractivity contribution >= 4 is 0 Å². The maximum Gasteiger partial charge on any atom is 0.417 e. The Hall–Kier alpha value is -1.36. The van der Waals surface area contributed by atoms with E-state index < -0.39 is 53.4 Å². The lowest BCUT2D eigenvalue weighted by atomic mass is 9.98. The van der Waals surface area contributed by atoms with E-state index in [4.69, 9.17) is 0 Å². The molecular formula is C9H2F12. The molecule has 0 heterocycles. The Morgan fingerprint density at radius 1 is 0.619 bits per heavy atom. The molecule has 0 amide bonds. The quantitative estimate of drug-likeness (QED) is 0.540. The number of rotatable bonds is 0. The highest BCUT2D eigenvalue weighted by Gasteiger charge is 2.62. The zero-order valence-corrected chi connectivity index (χ0v) is 9.19. The number of halogens is 12. The van der Waals surface area contributed by atoms with Gasteiger partial charge in [0.05, 0.1) is 16.7 Å². The van der Waals surface area contributed by atoms with Crippen molar-refractivity contribution in [3.8, 4) is 0 Å². The van der Waals surface area contributed by atoms with Crippen LogP contribution in [0.2, 0.25) is 0 Å². The van der Waals surface area contributed by atoms with E-state index in [1.165, 1.54) is 0 Å². The van der Waals surface area contributed by atoms with Crippen LogP contribution in [-0.2, 0) is 0 Å². The Balaban J connectivity index is 3.73. The summed E-state index contributed by atoms with van der Waals surface area (Å²) >= 11 is 0. The Kier molecular flexibility index (Phi) is 3.85. The molecule has 0 saturated carbocycles. The second-order valence-corrected chi connectivity index (χ2v) is 3.88. The van der Waals surface area contributed by atoms with Crippen LogP contribution >= 0.6 is 0 Å². The van der Waals surface area contributed by atoms with Gasteiger partial charge in [0.1, 0.15) is 5.92 Å². The molecule has 12 heteroatoms. The third-order valence-corrected chi connectivity index (χ3v) is 2.43. The van der Waals surface area contributed by atoms with Gasteiger partial charge >= 0.3 is 24.7 Å². The van der Waals surface area contributed by atoms with Crippen LogP contribution in [-0.4, -0.2) is 24.7 Å². The molecule has 1 atom stereocenters. The van der Waals surface area contributed by atoms with Crippen LogP contribution in [0.4, 0.5) is 52.7 Å². The van der Waals surface area contributed by atoms with E-state index in [0.29, 0.717) is 0 Å². The lowest BCUT2D eigenvalue weighted by Crippen LogP contribution is -2.31. The van der Waals surface area contributed by atoms with E-state index >= 15 is 0 Å². The zero-order chi connectivity index (χ0) is 17.0. The van der Waals surface area contributed by atoms with E-state index in [1.54, 1.807) is 0 Å². The first kappa shape index (κ1) is 17.7. The molecule has 0 N–H and O–H groups in total. The summed E-state index contributed by atoms with van der Waals surface area (Å²) in [5.41, 5.74) is -9.66. The fourth-order valence-corrected chi connectivity index (χ4v) is 1.75. The standard InChI is InChI=1S/C9H2F12/c10-6(11,12)2-1-3(7(13,14)15)5(9(19,20)21)4(2)8(16,17)18/h1-2H. The normalized spacial score (nSPS) is 21.9. The van der Waals surface area contributed by atoms with Gasteiger partial charge in [0.2, 0.25) is 0 Å². The molecule has 0 aliphatic heterocycles. The van der Waals surface area contributed by atoms with Gasteiger partial charge in [-0.05, 0) is 0 Å². The number of alkyl halides is 12. The summed E-state index contributed by atoms with van der Waals surface area (Å²) in [6, 6.07) is 0. The molecule has 0 radical (unpaired) electrons. The van der Waals surface area contributed by atoms with E-state index in [9.17, 15) is 52.7 Å². The molecule has 122 valence electrons. The number of hydrogen-bond donors (Lipinski definition) is 0. The summed E-state index contributed by atoms with van der Waals surface area (Å²) in [4.78, 5) is 0. The van der Waals surface area contributed by atoms with Crippen molar-refractivity contribution < 1.29 is 52.7 Å². The first-order valence-corrected chi connectivity index (χ1v) is 4.72. The Morgan fingerprint density at radius 3 is 1.29 bits per heavy atom. The molecule has 0 fully saturated rings. The molecule has 1 aliphatic rings. The smallest absolute Gasteiger partial charge is 0.170 e. The maximum absolute atomic E-state index is 12.4. The Labute approximate surface area is 107 Å². The minimum absolute atomic E-state index is 1.11. The molecule has 0 nitrogen and oxygen atoms in total. The summed E-state index contributed by atoms with van der Waals surface area (Å²) in [5.74, 6) is -4.02. The fourth-order valence-electron chi connectivity index (χ4n) is 1.75. The van der Waals surface area contributed by atoms with Crippen molar-refractivity contribution in [2.75, 3.05) is 0 Å². The van der Waals surface area contributed by atoms with E-state index in [0.717, 1.165) is 0 Å². The van der Waals surface area contributed by atoms with Crippen LogP contribution < -0.4 is 0 Å². The molecule has 1 unspecified atom stereocenters. The highest BCUT2D eigenvalue weighted by Crippen LogP contribution is 2.55. The van der Waals surface area contributed by atoms with Gasteiger partial charge in [-0.2, -0.15) is 52.7 Å². The van der Waals surface area contributed by atoms with E-state index in [1.807, 2.05) is 0 Å². The number of allylic oxidation sites excluding steroid dienone is 4. The van der Waals surface area contributed by atoms with E-state index in [2.05, 4.69) is 0 Å². The Bertz CT molecular complexity index is 477. The molecule has 21 heavy (non-hydrogen) atoms. The van der Waals surface area contributed by atoms with Gasteiger partial charge in [-0.15, -0.1) is 0 Å². The minimum Gasteiger partial charge on any atom is -0.170 e. The molecule has 0 saturated heterocycles. The van der Waals surface area contributed by atoms with Crippen molar-refractivity contribution in [1.29, 1.82) is 0 Å². The summed E-state index contributed by atoms with van der Waals surface area (Å²) in [7, 11) is 0. The van der Waals surface area contributed by atoms with Crippen molar-refractivity contribution in [1.82, 2.24) is 0 Å². The molecule has 1 aliphatic carbocycles. The van der Waals surface area contributed by atoms with Crippen molar-refractivity contribution in [2.45, 2.75) is 24.7 Å². The van der Waals surface area contributed by atoms with Crippen molar-refractivity contribution in [2.24, 2.45) is 5.92 Å². The van der Waals surface area contributed by atoms with Gasteiger partial charge in [0, 0.05) is 0 Å². The molecule has 1 rings (SSSR count). The molecule has 0 bridgehead atoms. The van der Waals surface area contributed by atoms with Crippen LogP contribution in [0.5, 0.6) is 0 Å². The second kappa shape index (κ2) is 4.57. The number of hydrogen-bond acceptors (Lipinski definition) is 0. The van der Waals surface area contributed by atoms with Crippen LogP contribution in [0.25, 0.3) is 0 Å². The molecule has 0 aromatic heterocycles. The lowest BCUT2D eigenvalue weighted by Gasteiger charge is -2.22. The molecule has 0 aromatic carbocycles. The summed E-state index contributed by atoms with van der Waals surface area (Å²) in [6.45, 7) is 0. The topological polar surface area (TPSA) is 0 Å². The summed E-state index contributed by atoms with van der Waals surface area (Å²) in [5, 5.41) is 0. The fraction of sp³-hybridized carbons (Fsp3) is 0.556. The van der Waals surface area contributed by atoms with Gasteiger partial charge in [-0.3, -0.25) is 0 Å².